The van der Waals surface area contributed by atoms with Gasteiger partial charge in [0.1, 0.15) is 11.5 Å². The summed E-state index contributed by atoms with van der Waals surface area (Å²) in [5, 5.41) is 2.94. The lowest BCUT2D eigenvalue weighted by atomic mass is 10.1. The number of aromatic nitrogens is 1. The Bertz CT molecular complexity index is 872. The van der Waals surface area contributed by atoms with Gasteiger partial charge in [-0.05, 0) is 26.5 Å². The summed E-state index contributed by atoms with van der Waals surface area (Å²) < 4.78 is 21.4. The Morgan fingerprint density at radius 2 is 1.87 bits per heavy atom. The summed E-state index contributed by atoms with van der Waals surface area (Å²) in [6.45, 7) is 12.3. The normalized spacial score (nSPS) is 14.9. The van der Waals surface area contributed by atoms with Crippen molar-refractivity contribution in [3.05, 3.63) is 52.6 Å². The lowest BCUT2D eigenvalue weighted by molar-refractivity contribution is 0.0927. The Hall–Kier alpha value is -2.38. The van der Waals surface area contributed by atoms with Crippen molar-refractivity contribution in [1.82, 2.24) is 14.8 Å². The lowest BCUT2D eigenvalue weighted by Gasteiger charge is -2.36. The third kappa shape index (κ3) is 4.68. The summed E-state index contributed by atoms with van der Waals surface area (Å²) in [4.78, 5) is 17.9. The molecule has 164 valence electrons. The average molecular weight is 417 g/mol. The van der Waals surface area contributed by atoms with Crippen LogP contribution in [0.5, 0.6) is 0 Å². The van der Waals surface area contributed by atoms with Crippen molar-refractivity contribution in [3.8, 4) is 0 Å². The monoisotopic (exact) mass is 416 g/mol. The molecule has 2 aromatic rings. The third-order valence-electron chi connectivity index (χ3n) is 5.96. The molecular weight excluding hydrogens is 383 g/mol. The smallest absolute Gasteiger partial charge is 0.268 e. The van der Waals surface area contributed by atoms with Crippen LogP contribution in [0.15, 0.2) is 24.3 Å². The first-order chi connectivity index (χ1) is 14.5. The van der Waals surface area contributed by atoms with Crippen LogP contribution in [0.25, 0.3) is 0 Å². The van der Waals surface area contributed by atoms with E-state index >= 15 is 0 Å². The van der Waals surface area contributed by atoms with Gasteiger partial charge in [-0.25, -0.2) is 4.39 Å². The Morgan fingerprint density at radius 3 is 2.50 bits per heavy atom. The zero-order valence-electron chi connectivity index (χ0n) is 18.5. The highest BCUT2D eigenvalue weighted by atomic mass is 19.1. The lowest BCUT2D eigenvalue weighted by Crippen LogP contribution is -2.46. The molecule has 0 aliphatic carbocycles. The molecule has 1 fully saturated rings. The van der Waals surface area contributed by atoms with Gasteiger partial charge in [-0.2, -0.15) is 0 Å². The van der Waals surface area contributed by atoms with Crippen molar-refractivity contribution in [1.29, 1.82) is 0 Å². The maximum absolute atomic E-state index is 14.4. The van der Waals surface area contributed by atoms with Crippen LogP contribution in [0.4, 0.5) is 10.1 Å². The SMILES string of the molecule is CCN1CCN(c2c(C)c(C(=O)NCCOC)n(Cc3ccccc3F)c2C)CC1. The van der Waals surface area contributed by atoms with E-state index in [1.165, 1.54) is 6.07 Å². The fourth-order valence-electron chi connectivity index (χ4n) is 4.27. The molecule has 30 heavy (non-hydrogen) atoms. The van der Waals surface area contributed by atoms with E-state index in [1.54, 1.807) is 19.2 Å². The molecule has 3 rings (SSSR count). The van der Waals surface area contributed by atoms with E-state index in [-0.39, 0.29) is 11.7 Å². The first-order valence-electron chi connectivity index (χ1n) is 10.6. The Balaban J connectivity index is 1.98. The number of hydrogen-bond acceptors (Lipinski definition) is 4. The van der Waals surface area contributed by atoms with Crippen molar-refractivity contribution < 1.29 is 13.9 Å². The standard InChI is InChI=1S/C23H33FN4O2/c1-5-26-11-13-27(14-12-26)21-17(2)22(23(29)25-10-15-30-4)28(18(21)3)16-19-8-6-7-9-20(19)24/h6-9H,5,10-16H2,1-4H3,(H,25,29). The Morgan fingerprint density at radius 1 is 1.17 bits per heavy atom. The van der Waals surface area contributed by atoms with Crippen LogP contribution >= 0.6 is 0 Å². The number of methoxy groups -OCH3 is 1. The largest absolute Gasteiger partial charge is 0.383 e. The number of anilines is 1. The van der Waals surface area contributed by atoms with Crippen LogP contribution in [0.2, 0.25) is 0 Å². The molecule has 0 radical (unpaired) electrons. The van der Waals surface area contributed by atoms with Gasteiger partial charge in [-0.3, -0.25) is 4.79 Å². The zero-order valence-corrected chi connectivity index (χ0v) is 18.5. The van der Waals surface area contributed by atoms with E-state index in [4.69, 9.17) is 4.74 Å². The Labute approximate surface area is 178 Å². The fourth-order valence-corrected chi connectivity index (χ4v) is 4.27. The molecule has 1 aliphatic heterocycles. The summed E-state index contributed by atoms with van der Waals surface area (Å²) in [7, 11) is 1.61. The number of carbonyl (C=O) groups is 1. The second kappa shape index (κ2) is 10.1. The predicted octanol–water partition coefficient (Wildman–Crippen LogP) is 2.81. The van der Waals surface area contributed by atoms with Gasteiger partial charge in [-0.15, -0.1) is 0 Å². The topological polar surface area (TPSA) is 49.7 Å². The molecule has 6 nitrogen and oxygen atoms in total. The van der Waals surface area contributed by atoms with Gasteiger partial charge in [0.15, 0.2) is 0 Å². The molecule has 0 bridgehead atoms. The number of piperazine rings is 1. The van der Waals surface area contributed by atoms with Crippen LogP contribution in [-0.2, 0) is 11.3 Å². The van der Waals surface area contributed by atoms with E-state index in [1.807, 2.05) is 24.5 Å². The molecule has 1 N–H and O–H groups in total. The van der Waals surface area contributed by atoms with Crippen LogP contribution in [0, 0.1) is 19.7 Å². The van der Waals surface area contributed by atoms with Gasteiger partial charge >= 0.3 is 0 Å². The number of halogens is 1. The summed E-state index contributed by atoms with van der Waals surface area (Å²) in [5.74, 6) is -0.408. The van der Waals surface area contributed by atoms with Crippen LogP contribution in [0.3, 0.4) is 0 Å². The second-order valence-electron chi connectivity index (χ2n) is 7.76. The van der Waals surface area contributed by atoms with Gasteiger partial charge in [0.25, 0.3) is 5.91 Å². The third-order valence-corrected chi connectivity index (χ3v) is 5.96. The molecule has 7 heteroatoms. The number of benzene rings is 1. The summed E-state index contributed by atoms with van der Waals surface area (Å²) in [6.07, 6.45) is 0. The molecule has 1 saturated heterocycles. The van der Waals surface area contributed by atoms with E-state index < -0.39 is 0 Å². The molecule has 0 unspecified atom stereocenters. The first-order valence-corrected chi connectivity index (χ1v) is 10.6. The molecule has 1 amide bonds. The van der Waals surface area contributed by atoms with E-state index in [2.05, 4.69) is 22.0 Å². The zero-order chi connectivity index (χ0) is 21.7. The minimum absolute atomic E-state index is 0.151. The maximum Gasteiger partial charge on any atom is 0.268 e. The van der Waals surface area contributed by atoms with Gasteiger partial charge in [0.2, 0.25) is 0 Å². The van der Waals surface area contributed by atoms with E-state index in [9.17, 15) is 9.18 Å². The Kier molecular flexibility index (Phi) is 7.50. The highest BCUT2D eigenvalue weighted by molar-refractivity contribution is 5.96. The maximum atomic E-state index is 14.4. The number of nitrogens with one attached hydrogen (secondary N) is 1. The van der Waals surface area contributed by atoms with Crippen LogP contribution in [0.1, 0.15) is 34.2 Å². The van der Waals surface area contributed by atoms with Crippen molar-refractivity contribution in [2.45, 2.75) is 27.3 Å². The number of rotatable bonds is 8. The van der Waals surface area contributed by atoms with E-state index in [0.29, 0.717) is 31.0 Å². The average Bonchev–Trinajstić information content (AvgIpc) is 2.99. The summed E-state index contributed by atoms with van der Waals surface area (Å²) in [6, 6.07) is 6.75. The van der Waals surface area contributed by atoms with Crippen LogP contribution in [-0.4, -0.2) is 68.4 Å². The van der Waals surface area contributed by atoms with E-state index in [0.717, 1.165) is 49.7 Å². The quantitative estimate of drug-likeness (QED) is 0.673. The number of nitrogens with zero attached hydrogens (tertiary/aromatic N) is 3. The summed E-state index contributed by atoms with van der Waals surface area (Å²) in [5.41, 5.74) is 4.21. The highest BCUT2D eigenvalue weighted by Gasteiger charge is 2.28. The van der Waals surface area contributed by atoms with Gasteiger partial charge in [0.05, 0.1) is 18.8 Å². The summed E-state index contributed by atoms with van der Waals surface area (Å²) >= 11 is 0. The second-order valence-corrected chi connectivity index (χ2v) is 7.76. The molecule has 1 aliphatic rings. The number of hydrogen-bond donors (Lipinski definition) is 1. The van der Waals surface area contributed by atoms with Crippen molar-refractivity contribution in [3.63, 3.8) is 0 Å². The molecular formula is C23H33FN4O2. The number of likely N-dealkylation sites (N-methyl/N-ethyl adjacent to an activating group) is 1. The first kappa shape index (κ1) is 22.3. The van der Waals surface area contributed by atoms with Crippen molar-refractivity contribution in [2.24, 2.45) is 0 Å². The molecule has 1 aromatic heterocycles. The molecule has 0 atom stereocenters. The molecule has 2 heterocycles. The predicted molar refractivity (Wildman–Crippen MR) is 118 cm³/mol. The highest BCUT2D eigenvalue weighted by Crippen LogP contribution is 2.32. The number of amides is 1. The van der Waals surface area contributed by atoms with Gasteiger partial charge in [-0.1, -0.05) is 25.1 Å². The van der Waals surface area contributed by atoms with Crippen LogP contribution < -0.4 is 10.2 Å². The molecule has 0 saturated carbocycles. The number of ether oxygens (including phenoxy) is 1. The molecule has 0 spiro atoms. The van der Waals surface area contributed by atoms with Gasteiger partial charge in [0, 0.05) is 56.7 Å². The minimum Gasteiger partial charge on any atom is -0.383 e. The van der Waals surface area contributed by atoms with Gasteiger partial charge < -0.3 is 24.4 Å². The molecule has 1 aromatic carbocycles. The van der Waals surface area contributed by atoms with Crippen molar-refractivity contribution >= 4 is 11.6 Å². The minimum atomic E-state index is -0.257. The fraction of sp³-hybridized carbons (Fsp3) is 0.522. The van der Waals surface area contributed by atoms with Crippen molar-refractivity contribution in [2.75, 3.05) is 57.9 Å². The number of carbonyl (C=O) groups excluding carboxylic acids is 1.